The summed E-state index contributed by atoms with van der Waals surface area (Å²) in [6.45, 7) is 3.53. The monoisotopic (exact) mass is 345 g/mol. The summed E-state index contributed by atoms with van der Waals surface area (Å²) in [5.74, 6) is -0.728. The van der Waals surface area contributed by atoms with Crippen molar-refractivity contribution in [2.45, 2.75) is 38.4 Å². The number of halogens is 1. The Morgan fingerprint density at radius 2 is 1.88 bits per heavy atom. The number of hydrogen-bond acceptors (Lipinski definition) is 3. The zero-order valence-corrected chi connectivity index (χ0v) is 14.5. The Labute approximate surface area is 147 Å². The van der Waals surface area contributed by atoms with E-state index in [0.29, 0.717) is 17.5 Å². The van der Waals surface area contributed by atoms with Gasteiger partial charge in [-0.15, -0.1) is 0 Å². The minimum atomic E-state index is -0.967. The lowest BCUT2D eigenvalue weighted by molar-refractivity contribution is 0.0713. The first-order chi connectivity index (χ1) is 11.7. The standard InChI is InChI=1S/C20H24FNO3/c1-20(2,25)11-10-14-6-8-15(9-7-14)19(24)22-13-18(23)16-4-3-5-17(21)12-16/h3-9,12,18,23,25H,10-11,13H2,1-2H3,(H,22,24). The smallest absolute Gasteiger partial charge is 0.251 e. The van der Waals surface area contributed by atoms with Crippen molar-refractivity contribution in [3.05, 3.63) is 71.0 Å². The van der Waals surface area contributed by atoms with Crippen LogP contribution in [0.25, 0.3) is 0 Å². The molecule has 0 saturated heterocycles. The molecule has 0 saturated carbocycles. The van der Waals surface area contributed by atoms with Crippen molar-refractivity contribution in [3.8, 4) is 0 Å². The summed E-state index contributed by atoms with van der Waals surface area (Å²) < 4.78 is 13.2. The Kier molecular flexibility index (Phi) is 6.28. The SMILES string of the molecule is CC(C)(O)CCc1ccc(C(=O)NCC(O)c2cccc(F)c2)cc1. The summed E-state index contributed by atoms with van der Waals surface area (Å²) in [7, 11) is 0. The number of nitrogens with one attached hydrogen (secondary N) is 1. The molecule has 0 radical (unpaired) electrons. The van der Waals surface area contributed by atoms with Crippen LogP contribution in [-0.2, 0) is 6.42 Å². The fraction of sp³-hybridized carbons (Fsp3) is 0.350. The molecule has 0 bridgehead atoms. The number of benzene rings is 2. The zero-order valence-electron chi connectivity index (χ0n) is 14.5. The van der Waals surface area contributed by atoms with Crippen LogP contribution in [0.5, 0.6) is 0 Å². The zero-order chi connectivity index (χ0) is 18.4. The van der Waals surface area contributed by atoms with Crippen LogP contribution < -0.4 is 5.32 Å². The van der Waals surface area contributed by atoms with Crippen LogP contribution in [0.15, 0.2) is 48.5 Å². The van der Waals surface area contributed by atoms with Gasteiger partial charge in [0.05, 0.1) is 11.7 Å². The quantitative estimate of drug-likeness (QED) is 0.722. The highest BCUT2D eigenvalue weighted by Gasteiger charge is 2.13. The Morgan fingerprint density at radius 3 is 2.48 bits per heavy atom. The highest BCUT2D eigenvalue weighted by molar-refractivity contribution is 5.94. The number of carbonyl (C=O) groups is 1. The Balaban J connectivity index is 1.88. The molecule has 5 heteroatoms. The van der Waals surface area contributed by atoms with Crippen molar-refractivity contribution in [3.63, 3.8) is 0 Å². The molecule has 3 N–H and O–H groups in total. The predicted octanol–water partition coefficient (Wildman–Crippen LogP) is 2.99. The second-order valence-electron chi connectivity index (χ2n) is 6.79. The summed E-state index contributed by atoms with van der Waals surface area (Å²) in [5.41, 5.74) is 1.22. The van der Waals surface area contributed by atoms with Crippen LogP contribution >= 0.6 is 0 Å². The van der Waals surface area contributed by atoms with Crippen LogP contribution in [0.3, 0.4) is 0 Å². The van der Waals surface area contributed by atoms with Crippen molar-refractivity contribution in [1.82, 2.24) is 5.32 Å². The summed E-state index contributed by atoms with van der Waals surface area (Å²) in [5, 5.41) is 22.4. The van der Waals surface area contributed by atoms with Crippen LogP contribution in [0, 0.1) is 5.82 Å². The molecule has 0 fully saturated rings. The molecule has 25 heavy (non-hydrogen) atoms. The van der Waals surface area contributed by atoms with Gasteiger partial charge < -0.3 is 15.5 Å². The van der Waals surface area contributed by atoms with Crippen LogP contribution in [0.4, 0.5) is 4.39 Å². The number of hydrogen-bond donors (Lipinski definition) is 3. The van der Waals surface area contributed by atoms with Gasteiger partial charge in [0.25, 0.3) is 5.91 Å². The number of aliphatic hydroxyl groups excluding tert-OH is 1. The summed E-state index contributed by atoms with van der Waals surface area (Å²) in [6, 6.07) is 12.8. The third-order valence-electron chi connectivity index (χ3n) is 3.93. The van der Waals surface area contributed by atoms with Crippen molar-refractivity contribution in [2.24, 2.45) is 0 Å². The van der Waals surface area contributed by atoms with Gasteiger partial charge in [0.2, 0.25) is 0 Å². The lowest BCUT2D eigenvalue weighted by atomic mass is 9.98. The van der Waals surface area contributed by atoms with Gasteiger partial charge in [-0.05, 0) is 62.1 Å². The maximum absolute atomic E-state index is 13.2. The topological polar surface area (TPSA) is 69.6 Å². The van der Waals surface area contributed by atoms with Gasteiger partial charge in [0.15, 0.2) is 0 Å². The van der Waals surface area contributed by atoms with Crippen molar-refractivity contribution in [1.29, 1.82) is 0 Å². The fourth-order valence-corrected chi connectivity index (χ4v) is 2.40. The third-order valence-corrected chi connectivity index (χ3v) is 3.93. The van der Waals surface area contributed by atoms with Gasteiger partial charge in [-0.2, -0.15) is 0 Å². The molecule has 0 heterocycles. The fourth-order valence-electron chi connectivity index (χ4n) is 2.40. The molecule has 0 aromatic heterocycles. The van der Waals surface area contributed by atoms with E-state index in [1.165, 1.54) is 18.2 Å². The Hall–Kier alpha value is -2.24. The van der Waals surface area contributed by atoms with Gasteiger partial charge in [-0.25, -0.2) is 4.39 Å². The second kappa shape index (κ2) is 8.23. The first kappa shape index (κ1) is 19.1. The first-order valence-corrected chi connectivity index (χ1v) is 8.28. The Morgan fingerprint density at radius 1 is 1.20 bits per heavy atom. The largest absolute Gasteiger partial charge is 0.390 e. The molecule has 2 rings (SSSR count). The average molecular weight is 345 g/mol. The number of rotatable bonds is 7. The molecule has 1 unspecified atom stereocenters. The summed E-state index contributed by atoms with van der Waals surface area (Å²) >= 11 is 0. The molecule has 2 aromatic carbocycles. The van der Waals surface area contributed by atoms with E-state index in [4.69, 9.17) is 0 Å². The molecule has 4 nitrogen and oxygen atoms in total. The molecule has 0 aliphatic carbocycles. The van der Waals surface area contributed by atoms with Crippen molar-refractivity contribution >= 4 is 5.91 Å². The highest BCUT2D eigenvalue weighted by atomic mass is 19.1. The van der Waals surface area contributed by atoms with E-state index >= 15 is 0 Å². The van der Waals surface area contributed by atoms with Gasteiger partial charge in [0, 0.05) is 12.1 Å². The van der Waals surface area contributed by atoms with Gasteiger partial charge >= 0.3 is 0 Å². The molecule has 1 amide bonds. The van der Waals surface area contributed by atoms with E-state index < -0.39 is 17.5 Å². The van der Waals surface area contributed by atoms with E-state index in [0.717, 1.165) is 12.0 Å². The highest BCUT2D eigenvalue weighted by Crippen LogP contribution is 2.15. The van der Waals surface area contributed by atoms with Crippen LogP contribution in [0.2, 0.25) is 0 Å². The van der Waals surface area contributed by atoms with Crippen molar-refractivity contribution in [2.75, 3.05) is 6.54 Å². The van der Waals surface area contributed by atoms with E-state index in [-0.39, 0.29) is 12.5 Å². The summed E-state index contributed by atoms with van der Waals surface area (Å²) in [4.78, 5) is 12.1. The van der Waals surface area contributed by atoms with Gasteiger partial charge in [-0.1, -0.05) is 24.3 Å². The number of amides is 1. The first-order valence-electron chi connectivity index (χ1n) is 8.28. The van der Waals surface area contributed by atoms with E-state index in [1.807, 2.05) is 12.1 Å². The minimum absolute atomic E-state index is 0.00272. The van der Waals surface area contributed by atoms with E-state index in [9.17, 15) is 19.4 Å². The van der Waals surface area contributed by atoms with Gasteiger partial charge in [-0.3, -0.25) is 4.79 Å². The molecule has 2 aromatic rings. The molecule has 0 aliphatic heterocycles. The number of aliphatic hydroxyl groups is 2. The number of carbonyl (C=O) groups excluding carboxylic acids is 1. The molecule has 0 aliphatic rings. The van der Waals surface area contributed by atoms with E-state index in [2.05, 4.69) is 5.32 Å². The average Bonchev–Trinajstić information content (AvgIpc) is 2.57. The lowest BCUT2D eigenvalue weighted by Gasteiger charge is -2.16. The lowest BCUT2D eigenvalue weighted by Crippen LogP contribution is -2.28. The third kappa shape index (κ3) is 6.29. The molecular formula is C20H24FNO3. The maximum Gasteiger partial charge on any atom is 0.251 e. The Bertz CT molecular complexity index is 708. The normalized spacial score (nSPS) is 12.7. The van der Waals surface area contributed by atoms with Crippen LogP contribution in [-0.4, -0.2) is 28.3 Å². The minimum Gasteiger partial charge on any atom is -0.390 e. The number of aryl methyl sites for hydroxylation is 1. The molecule has 1 atom stereocenters. The summed E-state index contributed by atoms with van der Waals surface area (Å²) in [6.07, 6.45) is 0.396. The second-order valence-corrected chi connectivity index (χ2v) is 6.79. The van der Waals surface area contributed by atoms with Crippen LogP contribution in [0.1, 0.15) is 47.9 Å². The molecular weight excluding hydrogens is 321 g/mol. The molecule has 0 spiro atoms. The maximum atomic E-state index is 13.2. The van der Waals surface area contributed by atoms with Crippen molar-refractivity contribution < 1.29 is 19.4 Å². The molecule has 134 valence electrons. The van der Waals surface area contributed by atoms with Gasteiger partial charge in [0.1, 0.15) is 5.82 Å². The predicted molar refractivity (Wildman–Crippen MR) is 94.8 cm³/mol. The van der Waals surface area contributed by atoms with E-state index in [1.54, 1.807) is 32.0 Å².